The van der Waals surface area contributed by atoms with E-state index in [1.807, 2.05) is 6.07 Å². The summed E-state index contributed by atoms with van der Waals surface area (Å²) in [6.45, 7) is 1.39. The summed E-state index contributed by atoms with van der Waals surface area (Å²) in [6.07, 6.45) is -3.32. The molecule has 0 saturated carbocycles. The van der Waals surface area contributed by atoms with Crippen LogP contribution in [0.4, 0.5) is 4.39 Å². The van der Waals surface area contributed by atoms with E-state index in [9.17, 15) is 29.0 Å². The molecule has 4 N–H and O–H groups in total. The van der Waals surface area contributed by atoms with Crippen molar-refractivity contribution in [1.82, 2.24) is 15.5 Å². The van der Waals surface area contributed by atoms with E-state index in [0.29, 0.717) is 11.3 Å². The van der Waals surface area contributed by atoms with Gasteiger partial charge in [0.15, 0.2) is 6.10 Å². The van der Waals surface area contributed by atoms with Crippen LogP contribution in [0.3, 0.4) is 0 Å². The first kappa shape index (κ1) is 29.5. The van der Waals surface area contributed by atoms with Crippen molar-refractivity contribution in [2.45, 2.75) is 50.7 Å². The summed E-state index contributed by atoms with van der Waals surface area (Å²) < 4.78 is 19.7. The van der Waals surface area contributed by atoms with Crippen molar-refractivity contribution in [3.8, 4) is 11.5 Å². The van der Waals surface area contributed by atoms with E-state index in [2.05, 4.69) is 10.6 Å². The fourth-order valence-corrected chi connectivity index (χ4v) is 4.89. The molecule has 10 heteroatoms. The fourth-order valence-electron chi connectivity index (χ4n) is 4.89. The molecule has 1 aliphatic heterocycles. The standard InChI is InChI=1S/C31H34FN3O6/c1-19-24(9-6-10-27(19)36)29(38)34-25(15-20-7-4-3-5-8-20)28(37)31(40)35-18-22(32)16-26(35)30(39)33-17-21-11-13-23(41-2)14-12-21/h3-14,22,25-26,28,36-37H,15-18H2,1-2H3,(H,33,39)(H,34,38)/t22-,25-,26+,28-/m0/s1. The minimum absolute atomic E-state index is 0.0663. The predicted octanol–water partition coefficient (Wildman–Crippen LogP) is 2.67. The largest absolute Gasteiger partial charge is 0.508 e. The van der Waals surface area contributed by atoms with Crippen LogP contribution in [0, 0.1) is 6.92 Å². The summed E-state index contributed by atoms with van der Waals surface area (Å²) in [5.41, 5.74) is 2.07. The van der Waals surface area contributed by atoms with Gasteiger partial charge in [-0.1, -0.05) is 48.5 Å². The van der Waals surface area contributed by atoms with Crippen LogP contribution in [0.25, 0.3) is 0 Å². The second-order valence-electron chi connectivity index (χ2n) is 10.1. The Balaban J connectivity index is 1.50. The van der Waals surface area contributed by atoms with Crippen molar-refractivity contribution < 1.29 is 33.7 Å². The maximum absolute atomic E-state index is 14.6. The number of carbonyl (C=O) groups excluding carboxylic acids is 3. The molecule has 3 amide bonds. The van der Waals surface area contributed by atoms with Gasteiger partial charge in [-0.3, -0.25) is 14.4 Å². The maximum atomic E-state index is 14.6. The molecule has 1 saturated heterocycles. The predicted molar refractivity (Wildman–Crippen MR) is 150 cm³/mol. The number of alkyl halides is 1. The number of aliphatic hydroxyl groups is 1. The SMILES string of the molecule is COc1ccc(CNC(=O)[C@H]2C[C@H](F)CN2C(=O)[C@@H](O)[C@H](Cc2ccccc2)NC(=O)c2cccc(O)c2C)cc1. The Morgan fingerprint density at radius 1 is 1.02 bits per heavy atom. The number of methoxy groups -OCH3 is 1. The molecule has 1 heterocycles. The number of halogens is 1. The van der Waals surface area contributed by atoms with Gasteiger partial charge in [-0.15, -0.1) is 0 Å². The first-order chi connectivity index (χ1) is 19.7. The Hall–Kier alpha value is -4.44. The van der Waals surface area contributed by atoms with E-state index in [1.165, 1.54) is 18.2 Å². The third kappa shape index (κ3) is 7.20. The molecule has 0 spiro atoms. The van der Waals surface area contributed by atoms with Crippen molar-refractivity contribution in [3.05, 3.63) is 95.1 Å². The number of benzene rings is 3. The molecule has 9 nitrogen and oxygen atoms in total. The highest BCUT2D eigenvalue weighted by Crippen LogP contribution is 2.24. The molecular weight excluding hydrogens is 529 g/mol. The number of amides is 3. The summed E-state index contributed by atoms with van der Waals surface area (Å²) in [4.78, 5) is 40.8. The number of likely N-dealkylation sites (tertiary alicyclic amines) is 1. The van der Waals surface area contributed by atoms with E-state index in [0.717, 1.165) is 16.0 Å². The van der Waals surface area contributed by atoms with Crippen LogP contribution in [0.2, 0.25) is 0 Å². The van der Waals surface area contributed by atoms with Gasteiger partial charge < -0.3 is 30.5 Å². The molecule has 41 heavy (non-hydrogen) atoms. The van der Waals surface area contributed by atoms with Gasteiger partial charge in [-0.05, 0) is 48.7 Å². The lowest BCUT2D eigenvalue weighted by atomic mass is 9.98. The zero-order valence-corrected chi connectivity index (χ0v) is 22.9. The van der Waals surface area contributed by atoms with Crippen LogP contribution in [-0.2, 0) is 22.6 Å². The van der Waals surface area contributed by atoms with Gasteiger partial charge in [0.25, 0.3) is 11.8 Å². The summed E-state index contributed by atoms with van der Waals surface area (Å²) in [6, 6.07) is 18.3. The van der Waals surface area contributed by atoms with Crippen LogP contribution < -0.4 is 15.4 Å². The second-order valence-corrected chi connectivity index (χ2v) is 10.1. The van der Waals surface area contributed by atoms with Crippen LogP contribution in [0.15, 0.2) is 72.8 Å². The van der Waals surface area contributed by atoms with Gasteiger partial charge in [0, 0.05) is 24.1 Å². The maximum Gasteiger partial charge on any atom is 0.254 e. The fraction of sp³-hybridized carbons (Fsp3) is 0.323. The van der Waals surface area contributed by atoms with E-state index >= 15 is 0 Å². The van der Waals surface area contributed by atoms with Crippen molar-refractivity contribution >= 4 is 17.7 Å². The third-order valence-electron chi connectivity index (χ3n) is 7.26. The Bertz CT molecular complexity index is 1370. The minimum Gasteiger partial charge on any atom is -0.508 e. The topological polar surface area (TPSA) is 128 Å². The van der Waals surface area contributed by atoms with E-state index in [1.54, 1.807) is 62.6 Å². The zero-order valence-electron chi connectivity index (χ0n) is 22.9. The molecule has 0 bridgehead atoms. The number of phenols is 1. The molecule has 3 aromatic rings. The molecule has 0 radical (unpaired) electrons. The summed E-state index contributed by atoms with van der Waals surface area (Å²) in [5.74, 6) is -1.39. The molecule has 216 valence electrons. The van der Waals surface area contributed by atoms with Crippen molar-refractivity contribution in [1.29, 1.82) is 0 Å². The number of aromatic hydroxyl groups is 1. The Labute approximate surface area is 237 Å². The van der Waals surface area contributed by atoms with E-state index in [4.69, 9.17) is 4.74 Å². The summed E-state index contributed by atoms with van der Waals surface area (Å²) in [5, 5.41) is 26.7. The number of aliphatic hydroxyl groups excluding tert-OH is 1. The quantitative estimate of drug-likeness (QED) is 0.300. The van der Waals surface area contributed by atoms with Crippen LogP contribution in [0.1, 0.15) is 33.5 Å². The lowest BCUT2D eigenvalue weighted by Crippen LogP contribution is -2.55. The molecule has 4 rings (SSSR count). The summed E-state index contributed by atoms with van der Waals surface area (Å²) >= 11 is 0. The number of carbonyl (C=O) groups is 3. The van der Waals surface area contributed by atoms with E-state index < -0.39 is 42.1 Å². The Kier molecular flexibility index (Phi) is 9.57. The van der Waals surface area contributed by atoms with Crippen molar-refractivity contribution in [2.24, 2.45) is 0 Å². The van der Waals surface area contributed by atoms with Gasteiger partial charge >= 0.3 is 0 Å². The highest BCUT2D eigenvalue weighted by atomic mass is 19.1. The van der Waals surface area contributed by atoms with Crippen molar-refractivity contribution in [2.75, 3.05) is 13.7 Å². The monoisotopic (exact) mass is 563 g/mol. The molecule has 3 aromatic carbocycles. The zero-order chi connectivity index (χ0) is 29.5. The highest BCUT2D eigenvalue weighted by Gasteiger charge is 2.43. The number of hydrogen-bond donors (Lipinski definition) is 4. The van der Waals surface area contributed by atoms with Gasteiger partial charge in [0.1, 0.15) is 23.7 Å². The average molecular weight is 564 g/mol. The van der Waals surface area contributed by atoms with Crippen molar-refractivity contribution in [3.63, 3.8) is 0 Å². The highest BCUT2D eigenvalue weighted by molar-refractivity contribution is 5.97. The van der Waals surface area contributed by atoms with E-state index in [-0.39, 0.29) is 37.2 Å². The molecule has 0 aliphatic carbocycles. The molecule has 1 aliphatic rings. The van der Waals surface area contributed by atoms with Gasteiger partial charge in [0.05, 0.1) is 19.7 Å². The van der Waals surface area contributed by atoms with Crippen LogP contribution in [-0.4, -0.2) is 70.8 Å². The van der Waals surface area contributed by atoms with Crippen LogP contribution in [0.5, 0.6) is 11.5 Å². The molecule has 4 atom stereocenters. The lowest BCUT2D eigenvalue weighted by molar-refractivity contribution is -0.146. The van der Waals surface area contributed by atoms with Crippen LogP contribution >= 0.6 is 0 Å². The third-order valence-corrected chi connectivity index (χ3v) is 7.26. The minimum atomic E-state index is -1.76. The number of nitrogens with one attached hydrogen (secondary N) is 2. The number of rotatable bonds is 10. The molecular formula is C31H34FN3O6. The number of phenolic OH excluding ortho intramolecular Hbond substituents is 1. The Morgan fingerprint density at radius 3 is 2.41 bits per heavy atom. The average Bonchev–Trinajstić information content (AvgIpc) is 3.38. The molecule has 0 aromatic heterocycles. The molecule has 0 unspecified atom stereocenters. The number of hydrogen-bond acceptors (Lipinski definition) is 6. The molecule has 1 fully saturated rings. The second kappa shape index (κ2) is 13.3. The smallest absolute Gasteiger partial charge is 0.254 e. The van der Waals surface area contributed by atoms with Gasteiger partial charge in [0.2, 0.25) is 5.91 Å². The van der Waals surface area contributed by atoms with Gasteiger partial charge in [-0.25, -0.2) is 4.39 Å². The lowest BCUT2D eigenvalue weighted by Gasteiger charge is -2.30. The summed E-state index contributed by atoms with van der Waals surface area (Å²) in [7, 11) is 1.55. The first-order valence-electron chi connectivity index (χ1n) is 13.3. The normalized spacial score (nSPS) is 17.9. The Morgan fingerprint density at radius 2 is 1.73 bits per heavy atom. The number of ether oxygens (including phenoxy) is 1. The first-order valence-corrected chi connectivity index (χ1v) is 13.3. The van der Waals surface area contributed by atoms with Gasteiger partial charge in [-0.2, -0.15) is 0 Å². The number of nitrogens with zero attached hydrogens (tertiary/aromatic N) is 1.